The number of nitrogens with one attached hydrogen (secondary N) is 1. The van der Waals surface area contributed by atoms with Crippen LogP contribution in [0.1, 0.15) is 35.3 Å². The number of carbonyl (C=O) groups excluding carboxylic acids is 1. The molecule has 0 aromatic carbocycles. The minimum atomic E-state index is -0.0960. The van der Waals surface area contributed by atoms with Crippen LogP contribution in [0.15, 0.2) is 5.38 Å². The summed E-state index contributed by atoms with van der Waals surface area (Å²) in [5, 5.41) is 5.48. The summed E-state index contributed by atoms with van der Waals surface area (Å²) in [6.45, 7) is 6.59. The Morgan fingerprint density at radius 1 is 1.48 bits per heavy atom. The third-order valence-corrected chi connectivity index (χ3v) is 4.42. The highest BCUT2D eigenvalue weighted by Gasteiger charge is 2.15. The minimum Gasteiger partial charge on any atom is -0.349 e. The number of nitrogens with two attached hydrogens (primary N) is 1. The zero-order valence-corrected chi connectivity index (χ0v) is 14.7. The molecule has 8 heteroatoms. The van der Waals surface area contributed by atoms with Crippen molar-refractivity contribution >= 4 is 42.1 Å². The van der Waals surface area contributed by atoms with Gasteiger partial charge in [0.1, 0.15) is 10.7 Å². The highest BCUT2D eigenvalue weighted by atomic mass is 35.5. The van der Waals surface area contributed by atoms with E-state index < -0.39 is 0 Å². The summed E-state index contributed by atoms with van der Waals surface area (Å²) >= 11 is 1.43. The number of halogens is 2. The van der Waals surface area contributed by atoms with E-state index >= 15 is 0 Å². The molecule has 1 aliphatic heterocycles. The third kappa shape index (κ3) is 6.48. The van der Waals surface area contributed by atoms with Crippen LogP contribution in [0.4, 0.5) is 0 Å². The second kappa shape index (κ2) is 10.3. The molecule has 5 nitrogen and oxygen atoms in total. The lowest BCUT2D eigenvalue weighted by Crippen LogP contribution is -2.39. The molecule has 0 spiro atoms. The Kier molecular flexibility index (Phi) is 10.1. The van der Waals surface area contributed by atoms with Crippen LogP contribution in [0.3, 0.4) is 0 Å². The average Bonchev–Trinajstić information content (AvgIpc) is 2.90. The van der Waals surface area contributed by atoms with Crippen LogP contribution in [0.5, 0.6) is 0 Å². The van der Waals surface area contributed by atoms with Crippen molar-refractivity contribution in [3.8, 4) is 0 Å². The molecule has 1 aromatic heterocycles. The fourth-order valence-electron chi connectivity index (χ4n) is 2.21. The number of carbonyl (C=O) groups is 1. The first-order chi connectivity index (χ1) is 9.19. The molecule has 122 valence electrons. The van der Waals surface area contributed by atoms with Crippen molar-refractivity contribution in [2.45, 2.75) is 26.3 Å². The van der Waals surface area contributed by atoms with Gasteiger partial charge in [0, 0.05) is 25.0 Å². The van der Waals surface area contributed by atoms with E-state index in [0.29, 0.717) is 18.8 Å². The van der Waals surface area contributed by atoms with Gasteiger partial charge in [-0.05, 0) is 31.8 Å². The first-order valence-corrected chi connectivity index (χ1v) is 7.72. The Hall–Kier alpha value is -0.400. The van der Waals surface area contributed by atoms with Crippen molar-refractivity contribution < 1.29 is 4.79 Å². The maximum atomic E-state index is 11.8. The van der Waals surface area contributed by atoms with E-state index in [0.717, 1.165) is 30.6 Å². The first kappa shape index (κ1) is 20.6. The number of hydrogen-bond acceptors (Lipinski definition) is 5. The molecule has 2 rings (SSSR count). The summed E-state index contributed by atoms with van der Waals surface area (Å²) in [7, 11) is 0. The van der Waals surface area contributed by atoms with E-state index in [1.54, 1.807) is 5.38 Å². The van der Waals surface area contributed by atoms with E-state index in [9.17, 15) is 4.79 Å². The molecule has 1 aromatic rings. The molecule has 0 saturated carbocycles. The summed E-state index contributed by atoms with van der Waals surface area (Å²) in [4.78, 5) is 18.4. The normalized spacial score (nSPS) is 15.9. The average molecular weight is 355 g/mol. The molecular weight excluding hydrogens is 331 g/mol. The summed E-state index contributed by atoms with van der Waals surface area (Å²) in [6, 6.07) is 0. The van der Waals surface area contributed by atoms with Crippen molar-refractivity contribution in [3.63, 3.8) is 0 Å². The van der Waals surface area contributed by atoms with Crippen LogP contribution in [0.25, 0.3) is 0 Å². The van der Waals surface area contributed by atoms with E-state index in [4.69, 9.17) is 5.73 Å². The van der Waals surface area contributed by atoms with Gasteiger partial charge in [0.2, 0.25) is 0 Å². The molecule has 0 bridgehead atoms. The van der Waals surface area contributed by atoms with Gasteiger partial charge in [-0.3, -0.25) is 4.79 Å². The minimum absolute atomic E-state index is 0. The van der Waals surface area contributed by atoms with Gasteiger partial charge >= 0.3 is 0 Å². The van der Waals surface area contributed by atoms with E-state index in [-0.39, 0.29) is 30.7 Å². The zero-order chi connectivity index (χ0) is 13.7. The van der Waals surface area contributed by atoms with Crippen LogP contribution < -0.4 is 11.1 Å². The number of nitrogens with zero attached hydrogens (tertiary/aromatic N) is 2. The third-order valence-electron chi connectivity index (χ3n) is 3.55. The van der Waals surface area contributed by atoms with Gasteiger partial charge in [-0.1, -0.05) is 6.92 Å². The Morgan fingerprint density at radius 3 is 2.71 bits per heavy atom. The van der Waals surface area contributed by atoms with E-state index in [1.165, 1.54) is 24.2 Å². The van der Waals surface area contributed by atoms with Gasteiger partial charge < -0.3 is 16.0 Å². The standard InChI is InChI=1S/C13H22N4OS.2ClH/c1-10-2-5-17(6-3-10)7-4-15-13(18)11-9-19-12(8-14)16-11;;/h9-10H,2-8,14H2,1H3,(H,15,18);2*1H. The molecule has 2 heterocycles. The molecular formula is C13H24Cl2N4OS. The Morgan fingerprint density at radius 2 is 2.14 bits per heavy atom. The number of thiazole rings is 1. The maximum absolute atomic E-state index is 11.8. The van der Waals surface area contributed by atoms with Gasteiger partial charge in [0.15, 0.2) is 0 Å². The van der Waals surface area contributed by atoms with Gasteiger partial charge in [-0.25, -0.2) is 4.98 Å². The lowest BCUT2D eigenvalue weighted by Gasteiger charge is -2.30. The monoisotopic (exact) mass is 354 g/mol. The quantitative estimate of drug-likeness (QED) is 0.846. The highest BCUT2D eigenvalue weighted by Crippen LogP contribution is 2.15. The van der Waals surface area contributed by atoms with Crippen molar-refractivity contribution in [2.75, 3.05) is 26.2 Å². The summed E-state index contributed by atoms with van der Waals surface area (Å²) in [6.07, 6.45) is 2.53. The predicted molar refractivity (Wildman–Crippen MR) is 91.7 cm³/mol. The molecule has 0 atom stereocenters. The van der Waals surface area contributed by atoms with Crippen molar-refractivity contribution in [1.29, 1.82) is 0 Å². The summed E-state index contributed by atoms with van der Waals surface area (Å²) in [5.74, 6) is 0.747. The first-order valence-electron chi connectivity index (χ1n) is 6.84. The maximum Gasteiger partial charge on any atom is 0.270 e. The molecule has 1 saturated heterocycles. The van der Waals surface area contributed by atoms with Crippen LogP contribution in [-0.4, -0.2) is 42.0 Å². The zero-order valence-electron chi connectivity index (χ0n) is 12.2. The highest BCUT2D eigenvalue weighted by molar-refractivity contribution is 7.09. The molecule has 0 unspecified atom stereocenters. The number of rotatable bonds is 5. The molecule has 21 heavy (non-hydrogen) atoms. The second-order valence-corrected chi connectivity index (χ2v) is 6.05. The smallest absolute Gasteiger partial charge is 0.270 e. The van der Waals surface area contributed by atoms with E-state index in [1.807, 2.05) is 0 Å². The largest absolute Gasteiger partial charge is 0.349 e. The van der Waals surface area contributed by atoms with Crippen LogP contribution in [0.2, 0.25) is 0 Å². The molecule has 1 aliphatic rings. The van der Waals surface area contributed by atoms with Crippen LogP contribution in [-0.2, 0) is 6.54 Å². The fraction of sp³-hybridized carbons (Fsp3) is 0.692. The van der Waals surface area contributed by atoms with Gasteiger partial charge in [0.05, 0.1) is 0 Å². The molecule has 0 aliphatic carbocycles. The lowest BCUT2D eigenvalue weighted by molar-refractivity contribution is 0.0940. The SMILES string of the molecule is CC1CCN(CCNC(=O)c2csc(CN)n2)CC1.Cl.Cl. The number of aromatic nitrogens is 1. The van der Waals surface area contributed by atoms with Gasteiger partial charge in [0.25, 0.3) is 5.91 Å². The lowest BCUT2D eigenvalue weighted by atomic mass is 9.99. The van der Waals surface area contributed by atoms with E-state index in [2.05, 4.69) is 22.1 Å². The van der Waals surface area contributed by atoms with Crippen molar-refractivity contribution in [2.24, 2.45) is 11.7 Å². The molecule has 1 amide bonds. The Bertz CT molecular complexity index is 422. The van der Waals surface area contributed by atoms with Gasteiger partial charge in [-0.2, -0.15) is 0 Å². The number of likely N-dealkylation sites (tertiary alicyclic amines) is 1. The number of hydrogen-bond donors (Lipinski definition) is 2. The predicted octanol–water partition coefficient (Wildman–Crippen LogP) is 1.91. The Labute approximate surface area is 142 Å². The topological polar surface area (TPSA) is 71.2 Å². The number of piperidine rings is 1. The van der Waals surface area contributed by atoms with Crippen molar-refractivity contribution in [1.82, 2.24) is 15.2 Å². The summed E-state index contributed by atoms with van der Waals surface area (Å²) in [5.41, 5.74) is 5.97. The fourth-order valence-corrected chi connectivity index (χ4v) is 2.87. The summed E-state index contributed by atoms with van der Waals surface area (Å²) < 4.78 is 0. The second-order valence-electron chi connectivity index (χ2n) is 5.11. The Balaban J connectivity index is 0.00000200. The van der Waals surface area contributed by atoms with Crippen LogP contribution >= 0.6 is 36.2 Å². The van der Waals surface area contributed by atoms with Gasteiger partial charge in [-0.15, -0.1) is 36.2 Å². The molecule has 0 radical (unpaired) electrons. The van der Waals surface area contributed by atoms with Crippen molar-refractivity contribution in [3.05, 3.63) is 16.1 Å². The molecule has 1 fully saturated rings. The molecule has 3 N–H and O–H groups in total. The number of amides is 1. The van der Waals surface area contributed by atoms with Crippen LogP contribution in [0, 0.1) is 5.92 Å².